The molecule has 2 aliphatic rings. The van der Waals surface area contributed by atoms with Crippen molar-refractivity contribution in [2.75, 3.05) is 6.54 Å². The van der Waals surface area contributed by atoms with E-state index in [1.807, 2.05) is 18.2 Å². The van der Waals surface area contributed by atoms with E-state index >= 15 is 0 Å². The molecule has 0 unspecified atom stereocenters. The SMILES string of the molecule is Cc1ccc([C@@H]2N(Cc3ccccc3)C(=O)[C@@H]3CCCCN23)cc1C. The Balaban J connectivity index is 1.72. The van der Waals surface area contributed by atoms with Gasteiger partial charge in [-0.1, -0.05) is 55.0 Å². The molecule has 0 N–H and O–H groups in total. The van der Waals surface area contributed by atoms with Crippen LogP contribution in [0.15, 0.2) is 48.5 Å². The van der Waals surface area contributed by atoms with Crippen molar-refractivity contribution in [1.82, 2.24) is 9.80 Å². The molecule has 2 atom stereocenters. The highest BCUT2D eigenvalue weighted by molar-refractivity contribution is 5.84. The molecule has 2 fully saturated rings. The van der Waals surface area contributed by atoms with Crippen molar-refractivity contribution in [2.45, 2.75) is 51.9 Å². The predicted molar refractivity (Wildman–Crippen MR) is 100.0 cm³/mol. The van der Waals surface area contributed by atoms with E-state index in [0.29, 0.717) is 12.5 Å². The van der Waals surface area contributed by atoms with Gasteiger partial charge in [0.2, 0.25) is 5.91 Å². The first-order valence-corrected chi connectivity index (χ1v) is 9.32. The van der Waals surface area contributed by atoms with E-state index in [9.17, 15) is 4.79 Å². The second-order valence-corrected chi connectivity index (χ2v) is 7.42. The zero-order valence-electron chi connectivity index (χ0n) is 15.1. The Morgan fingerprint density at radius 2 is 1.80 bits per heavy atom. The minimum atomic E-state index is 0.0593. The van der Waals surface area contributed by atoms with Crippen LogP contribution in [0, 0.1) is 13.8 Å². The number of carbonyl (C=O) groups is 1. The van der Waals surface area contributed by atoms with E-state index in [0.717, 1.165) is 19.4 Å². The summed E-state index contributed by atoms with van der Waals surface area (Å²) in [5, 5.41) is 0. The third-order valence-corrected chi connectivity index (χ3v) is 5.75. The van der Waals surface area contributed by atoms with Gasteiger partial charge in [-0.2, -0.15) is 0 Å². The van der Waals surface area contributed by atoms with Crippen molar-refractivity contribution in [1.29, 1.82) is 0 Å². The lowest BCUT2D eigenvalue weighted by Crippen LogP contribution is -2.38. The van der Waals surface area contributed by atoms with Crippen LogP contribution in [0.5, 0.6) is 0 Å². The minimum absolute atomic E-state index is 0.0593. The molecule has 2 aromatic carbocycles. The predicted octanol–water partition coefficient (Wildman–Crippen LogP) is 4.20. The highest BCUT2D eigenvalue weighted by atomic mass is 16.2. The number of aryl methyl sites for hydroxylation is 2. The van der Waals surface area contributed by atoms with Crippen LogP contribution in [0.3, 0.4) is 0 Å². The lowest BCUT2D eigenvalue weighted by molar-refractivity contribution is -0.131. The van der Waals surface area contributed by atoms with Crippen LogP contribution in [0.25, 0.3) is 0 Å². The van der Waals surface area contributed by atoms with Crippen LogP contribution >= 0.6 is 0 Å². The Bertz CT molecular complexity index is 771. The molecule has 3 nitrogen and oxygen atoms in total. The number of nitrogens with zero attached hydrogens (tertiary/aromatic N) is 2. The Labute approximate surface area is 150 Å². The van der Waals surface area contributed by atoms with Gasteiger partial charge in [-0.15, -0.1) is 0 Å². The average Bonchev–Trinajstić information content (AvgIpc) is 2.91. The van der Waals surface area contributed by atoms with Crippen molar-refractivity contribution in [2.24, 2.45) is 0 Å². The van der Waals surface area contributed by atoms with Gasteiger partial charge >= 0.3 is 0 Å². The summed E-state index contributed by atoms with van der Waals surface area (Å²) in [7, 11) is 0. The molecule has 130 valence electrons. The van der Waals surface area contributed by atoms with E-state index in [1.165, 1.54) is 28.7 Å². The largest absolute Gasteiger partial charge is 0.317 e. The number of fused-ring (bicyclic) bond motifs is 1. The molecule has 2 heterocycles. The highest BCUT2D eigenvalue weighted by Crippen LogP contribution is 2.40. The normalized spacial score (nSPS) is 23.8. The maximum absolute atomic E-state index is 13.2. The summed E-state index contributed by atoms with van der Waals surface area (Å²) in [6.45, 7) is 6.00. The number of piperidine rings is 1. The van der Waals surface area contributed by atoms with Gasteiger partial charge in [0.1, 0.15) is 6.17 Å². The maximum atomic E-state index is 13.2. The summed E-state index contributed by atoms with van der Waals surface area (Å²) in [4.78, 5) is 17.7. The van der Waals surface area contributed by atoms with E-state index in [1.54, 1.807) is 0 Å². The lowest BCUT2D eigenvalue weighted by Gasteiger charge is -2.34. The number of benzene rings is 2. The quantitative estimate of drug-likeness (QED) is 0.840. The summed E-state index contributed by atoms with van der Waals surface area (Å²) in [5.74, 6) is 0.298. The summed E-state index contributed by atoms with van der Waals surface area (Å²) < 4.78 is 0. The van der Waals surface area contributed by atoms with E-state index in [-0.39, 0.29) is 12.2 Å². The second-order valence-electron chi connectivity index (χ2n) is 7.42. The van der Waals surface area contributed by atoms with Crippen molar-refractivity contribution in [3.8, 4) is 0 Å². The van der Waals surface area contributed by atoms with Crippen LogP contribution in [0.2, 0.25) is 0 Å². The molecule has 2 aliphatic heterocycles. The molecule has 0 spiro atoms. The van der Waals surface area contributed by atoms with Crippen LogP contribution in [0.1, 0.15) is 47.7 Å². The van der Waals surface area contributed by atoms with Crippen LogP contribution < -0.4 is 0 Å². The van der Waals surface area contributed by atoms with E-state index in [2.05, 4.69) is 54.0 Å². The number of carbonyl (C=O) groups excluding carboxylic acids is 1. The fraction of sp³-hybridized carbons (Fsp3) is 0.409. The van der Waals surface area contributed by atoms with E-state index in [4.69, 9.17) is 0 Å². The van der Waals surface area contributed by atoms with Crippen LogP contribution in [-0.4, -0.2) is 28.3 Å². The molecular formula is C22H26N2O. The van der Waals surface area contributed by atoms with E-state index < -0.39 is 0 Å². The molecule has 0 bridgehead atoms. The molecule has 0 radical (unpaired) electrons. The Hall–Kier alpha value is -2.13. The first-order chi connectivity index (χ1) is 12.1. The van der Waals surface area contributed by atoms with Crippen molar-refractivity contribution < 1.29 is 4.79 Å². The first kappa shape index (κ1) is 16.3. The molecule has 1 amide bonds. The Kier molecular flexibility index (Phi) is 4.34. The number of hydrogen-bond acceptors (Lipinski definition) is 2. The van der Waals surface area contributed by atoms with Gasteiger partial charge < -0.3 is 4.90 Å². The smallest absolute Gasteiger partial charge is 0.241 e. The lowest BCUT2D eigenvalue weighted by atomic mass is 10.0. The Morgan fingerprint density at radius 3 is 2.56 bits per heavy atom. The molecular weight excluding hydrogens is 308 g/mol. The van der Waals surface area contributed by atoms with Crippen molar-refractivity contribution in [3.05, 3.63) is 70.8 Å². The summed E-state index contributed by atoms with van der Waals surface area (Å²) in [5.41, 5.74) is 5.05. The number of hydrogen-bond donors (Lipinski definition) is 0. The fourth-order valence-corrected chi connectivity index (χ4v) is 4.24. The summed E-state index contributed by atoms with van der Waals surface area (Å²) >= 11 is 0. The molecule has 4 rings (SSSR count). The topological polar surface area (TPSA) is 23.6 Å². The van der Waals surface area contributed by atoms with Gasteiger partial charge in [0.25, 0.3) is 0 Å². The highest BCUT2D eigenvalue weighted by Gasteiger charge is 2.47. The van der Waals surface area contributed by atoms with Gasteiger partial charge in [-0.3, -0.25) is 9.69 Å². The number of amides is 1. The molecule has 3 heteroatoms. The van der Waals surface area contributed by atoms with Crippen molar-refractivity contribution in [3.63, 3.8) is 0 Å². The fourth-order valence-electron chi connectivity index (χ4n) is 4.24. The zero-order chi connectivity index (χ0) is 17.4. The Morgan fingerprint density at radius 1 is 1.00 bits per heavy atom. The molecule has 0 saturated carbocycles. The van der Waals surface area contributed by atoms with Gasteiger partial charge in [-0.05, 0) is 48.9 Å². The molecule has 2 saturated heterocycles. The third kappa shape index (κ3) is 2.98. The molecule has 25 heavy (non-hydrogen) atoms. The molecule has 0 aromatic heterocycles. The van der Waals surface area contributed by atoms with Crippen LogP contribution in [0.4, 0.5) is 0 Å². The van der Waals surface area contributed by atoms with Crippen LogP contribution in [-0.2, 0) is 11.3 Å². The monoisotopic (exact) mass is 334 g/mol. The molecule has 0 aliphatic carbocycles. The van der Waals surface area contributed by atoms with Gasteiger partial charge in [0.15, 0.2) is 0 Å². The van der Waals surface area contributed by atoms with Gasteiger partial charge in [-0.25, -0.2) is 0 Å². The third-order valence-electron chi connectivity index (χ3n) is 5.75. The number of rotatable bonds is 3. The maximum Gasteiger partial charge on any atom is 0.241 e. The average molecular weight is 334 g/mol. The van der Waals surface area contributed by atoms with Crippen molar-refractivity contribution >= 4 is 5.91 Å². The minimum Gasteiger partial charge on any atom is -0.317 e. The second kappa shape index (κ2) is 6.64. The summed E-state index contributed by atoms with van der Waals surface area (Å²) in [6.07, 6.45) is 3.40. The molecule has 2 aromatic rings. The standard InChI is InChI=1S/C22H26N2O/c1-16-11-12-19(14-17(16)2)21-23-13-7-6-10-20(23)22(25)24(21)15-18-8-4-3-5-9-18/h3-5,8-9,11-12,14,20-21H,6-7,10,13,15H2,1-2H3/t20-,21-/m0/s1. The zero-order valence-corrected chi connectivity index (χ0v) is 15.1. The van der Waals surface area contributed by atoms with Gasteiger partial charge in [0, 0.05) is 13.1 Å². The first-order valence-electron chi connectivity index (χ1n) is 9.32. The summed E-state index contributed by atoms with van der Waals surface area (Å²) in [6, 6.07) is 17.1. The van der Waals surface area contributed by atoms with Gasteiger partial charge in [0.05, 0.1) is 6.04 Å².